The summed E-state index contributed by atoms with van der Waals surface area (Å²) < 4.78 is 0. The normalized spacial score (nSPS) is 17.7. The maximum atomic E-state index is 12.7. The zero-order chi connectivity index (χ0) is 22.8. The number of rotatable bonds is 6. The fraction of sp³-hybridized carbons (Fsp3) is 0.462. The lowest BCUT2D eigenvalue weighted by atomic mass is 9.84. The molecule has 2 aromatic carbocycles. The quantitative estimate of drug-likeness (QED) is 0.561. The average Bonchev–Trinajstić information content (AvgIpc) is 3.04. The highest BCUT2D eigenvalue weighted by Crippen LogP contribution is 2.43. The molecule has 1 fully saturated rings. The van der Waals surface area contributed by atoms with Gasteiger partial charge in [0, 0.05) is 17.8 Å². The molecule has 0 bridgehead atoms. The summed E-state index contributed by atoms with van der Waals surface area (Å²) >= 11 is 1.64. The van der Waals surface area contributed by atoms with Gasteiger partial charge in [0.05, 0.1) is 5.75 Å². The molecule has 31 heavy (non-hydrogen) atoms. The van der Waals surface area contributed by atoms with Gasteiger partial charge in [-0.3, -0.25) is 14.5 Å². The van der Waals surface area contributed by atoms with Crippen LogP contribution in [0.25, 0.3) is 0 Å². The molecule has 2 atom stereocenters. The molecular weight excluding hydrogens is 404 g/mol. The lowest BCUT2D eigenvalue weighted by Gasteiger charge is -2.26. The third kappa shape index (κ3) is 5.91. The molecule has 0 saturated carbocycles. The van der Waals surface area contributed by atoms with Gasteiger partial charge in [-0.1, -0.05) is 52.0 Å². The summed E-state index contributed by atoms with van der Waals surface area (Å²) in [5.41, 5.74) is 5.38. The van der Waals surface area contributed by atoms with Crippen molar-refractivity contribution < 1.29 is 9.59 Å². The standard InChI is InChI=1S/C26H34N2O2S/c1-17(15-26(4,5)6)14-23(29)27-21-12-10-20(11-13-21)25-28(24(30)16-31-25)22-9-7-8-18(2)19(22)3/h7-13,17,25H,14-16H2,1-6H3,(H,27,29). The van der Waals surface area contributed by atoms with Gasteiger partial charge in [0.2, 0.25) is 11.8 Å². The number of nitrogens with one attached hydrogen (secondary N) is 1. The van der Waals surface area contributed by atoms with Crippen LogP contribution in [0.15, 0.2) is 42.5 Å². The molecule has 0 aromatic heterocycles. The van der Waals surface area contributed by atoms with Crippen LogP contribution in [-0.4, -0.2) is 17.6 Å². The van der Waals surface area contributed by atoms with Gasteiger partial charge in [-0.05, 0) is 66.5 Å². The van der Waals surface area contributed by atoms with E-state index >= 15 is 0 Å². The second-order valence-electron chi connectivity index (χ2n) is 9.89. The Morgan fingerprint density at radius 1 is 1.16 bits per heavy atom. The Hall–Kier alpha value is -2.27. The molecule has 0 radical (unpaired) electrons. The molecule has 1 saturated heterocycles. The summed E-state index contributed by atoms with van der Waals surface area (Å²) in [6, 6.07) is 14.0. The molecule has 3 rings (SSSR count). The number of benzene rings is 2. The highest BCUT2D eigenvalue weighted by atomic mass is 32.2. The summed E-state index contributed by atoms with van der Waals surface area (Å²) in [7, 11) is 0. The van der Waals surface area contributed by atoms with E-state index in [1.54, 1.807) is 11.8 Å². The van der Waals surface area contributed by atoms with Gasteiger partial charge in [-0.25, -0.2) is 0 Å². The Bertz CT molecular complexity index is 947. The SMILES string of the molecule is Cc1cccc(N2C(=O)CSC2c2ccc(NC(=O)CC(C)CC(C)(C)C)cc2)c1C. The van der Waals surface area contributed by atoms with E-state index in [1.807, 2.05) is 41.3 Å². The number of aryl methyl sites for hydroxylation is 1. The number of amides is 2. The number of thioether (sulfide) groups is 1. The molecule has 1 N–H and O–H groups in total. The number of carbonyl (C=O) groups is 2. The molecule has 0 aliphatic carbocycles. The summed E-state index contributed by atoms with van der Waals surface area (Å²) in [4.78, 5) is 27.0. The summed E-state index contributed by atoms with van der Waals surface area (Å²) in [5.74, 6) is 0.995. The van der Waals surface area contributed by atoms with Crippen molar-refractivity contribution in [2.75, 3.05) is 16.0 Å². The first-order valence-electron chi connectivity index (χ1n) is 10.9. The third-order valence-corrected chi connectivity index (χ3v) is 6.89. The van der Waals surface area contributed by atoms with Crippen LogP contribution in [-0.2, 0) is 9.59 Å². The van der Waals surface area contributed by atoms with Crippen LogP contribution in [0.1, 0.15) is 62.6 Å². The predicted octanol–water partition coefficient (Wildman–Crippen LogP) is 6.48. The van der Waals surface area contributed by atoms with Gasteiger partial charge < -0.3 is 5.32 Å². The third-order valence-electron chi connectivity index (χ3n) is 5.68. The predicted molar refractivity (Wildman–Crippen MR) is 132 cm³/mol. The van der Waals surface area contributed by atoms with Crippen molar-refractivity contribution in [1.82, 2.24) is 0 Å². The Morgan fingerprint density at radius 3 is 2.48 bits per heavy atom. The van der Waals surface area contributed by atoms with Crippen LogP contribution in [0.4, 0.5) is 11.4 Å². The second kappa shape index (κ2) is 9.47. The Kier molecular flexibility index (Phi) is 7.15. The number of nitrogens with zero attached hydrogens (tertiary/aromatic N) is 1. The Morgan fingerprint density at radius 2 is 1.84 bits per heavy atom. The molecule has 2 aromatic rings. The van der Waals surface area contributed by atoms with Crippen molar-refractivity contribution in [3.63, 3.8) is 0 Å². The molecule has 4 nitrogen and oxygen atoms in total. The second-order valence-corrected chi connectivity index (χ2v) is 11.0. The van der Waals surface area contributed by atoms with Gasteiger partial charge >= 0.3 is 0 Å². The first-order valence-corrected chi connectivity index (χ1v) is 12.0. The Labute approximate surface area is 190 Å². The van der Waals surface area contributed by atoms with Gasteiger partial charge in [-0.2, -0.15) is 0 Å². The van der Waals surface area contributed by atoms with Gasteiger partial charge in [-0.15, -0.1) is 11.8 Å². The molecule has 2 amide bonds. The van der Waals surface area contributed by atoms with Gasteiger partial charge in [0.1, 0.15) is 5.37 Å². The van der Waals surface area contributed by atoms with E-state index in [-0.39, 0.29) is 22.6 Å². The van der Waals surface area contributed by atoms with Crippen LogP contribution in [0, 0.1) is 25.2 Å². The van der Waals surface area contributed by atoms with E-state index in [9.17, 15) is 9.59 Å². The lowest BCUT2D eigenvalue weighted by Crippen LogP contribution is -2.28. The highest BCUT2D eigenvalue weighted by Gasteiger charge is 2.34. The summed E-state index contributed by atoms with van der Waals surface area (Å²) in [6.07, 6.45) is 1.53. The number of carbonyl (C=O) groups excluding carboxylic acids is 2. The monoisotopic (exact) mass is 438 g/mol. The molecule has 2 unspecified atom stereocenters. The van der Waals surface area contributed by atoms with Crippen LogP contribution in [0.3, 0.4) is 0 Å². The highest BCUT2D eigenvalue weighted by molar-refractivity contribution is 8.00. The number of hydrogen-bond acceptors (Lipinski definition) is 3. The maximum Gasteiger partial charge on any atom is 0.238 e. The van der Waals surface area contributed by atoms with Crippen molar-refractivity contribution >= 4 is 35.0 Å². The van der Waals surface area contributed by atoms with E-state index < -0.39 is 0 Å². The fourth-order valence-electron chi connectivity index (χ4n) is 4.30. The number of anilines is 2. The van der Waals surface area contributed by atoms with Crippen molar-refractivity contribution in [2.45, 2.75) is 59.8 Å². The van der Waals surface area contributed by atoms with Crippen LogP contribution in [0.5, 0.6) is 0 Å². The zero-order valence-electron chi connectivity index (χ0n) is 19.5. The molecule has 5 heteroatoms. The van der Waals surface area contributed by atoms with E-state index in [0.29, 0.717) is 18.1 Å². The van der Waals surface area contributed by atoms with E-state index in [0.717, 1.165) is 28.9 Å². The van der Waals surface area contributed by atoms with E-state index in [1.165, 1.54) is 5.56 Å². The van der Waals surface area contributed by atoms with Gasteiger partial charge in [0.25, 0.3) is 0 Å². The van der Waals surface area contributed by atoms with Crippen molar-refractivity contribution in [3.8, 4) is 0 Å². The minimum atomic E-state index is -0.0513. The minimum absolute atomic E-state index is 0.0481. The molecule has 1 aliphatic heterocycles. The van der Waals surface area contributed by atoms with Crippen molar-refractivity contribution in [2.24, 2.45) is 11.3 Å². The van der Waals surface area contributed by atoms with E-state index in [4.69, 9.17) is 0 Å². The first kappa shape index (κ1) is 23.4. The summed E-state index contributed by atoms with van der Waals surface area (Å²) in [6.45, 7) is 12.9. The number of hydrogen-bond donors (Lipinski definition) is 1. The molecular formula is C26H34N2O2S. The first-order chi connectivity index (χ1) is 14.5. The Balaban J connectivity index is 1.70. The zero-order valence-corrected chi connectivity index (χ0v) is 20.3. The minimum Gasteiger partial charge on any atom is -0.326 e. The molecule has 0 spiro atoms. The average molecular weight is 439 g/mol. The fourth-order valence-corrected chi connectivity index (χ4v) is 5.47. The maximum absolute atomic E-state index is 12.7. The lowest BCUT2D eigenvalue weighted by molar-refractivity contribution is -0.117. The summed E-state index contributed by atoms with van der Waals surface area (Å²) in [5, 5.41) is 2.97. The van der Waals surface area contributed by atoms with Crippen LogP contribution in [0.2, 0.25) is 0 Å². The largest absolute Gasteiger partial charge is 0.326 e. The van der Waals surface area contributed by atoms with Crippen molar-refractivity contribution in [3.05, 3.63) is 59.2 Å². The van der Waals surface area contributed by atoms with E-state index in [2.05, 4.69) is 52.9 Å². The van der Waals surface area contributed by atoms with Crippen molar-refractivity contribution in [1.29, 1.82) is 0 Å². The van der Waals surface area contributed by atoms with Crippen LogP contribution >= 0.6 is 11.8 Å². The molecule has 1 aliphatic rings. The molecule has 1 heterocycles. The topological polar surface area (TPSA) is 49.4 Å². The van der Waals surface area contributed by atoms with Gasteiger partial charge in [0.15, 0.2) is 0 Å². The molecule has 166 valence electrons. The smallest absolute Gasteiger partial charge is 0.238 e. The van der Waals surface area contributed by atoms with Crippen LogP contribution < -0.4 is 10.2 Å².